The van der Waals surface area contributed by atoms with Gasteiger partial charge in [0.05, 0.1) is 9.75 Å². The summed E-state index contributed by atoms with van der Waals surface area (Å²) in [7, 11) is 0. The molecule has 0 aliphatic rings. The van der Waals surface area contributed by atoms with Crippen LogP contribution in [0.2, 0.25) is 0 Å². The molecule has 0 spiro atoms. The second-order valence-corrected chi connectivity index (χ2v) is 14.0. The van der Waals surface area contributed by atoms with Crippen molar-refractivity contribution in [3.05, 3.63) is 146 Å². The summed E-state index contributed by atoms with van der Waals surface area (Å²) in [6.07, 6.45) is 0. The van der Waals surface area contributed by atoms with Gasteiger partial charge >= 0.3 is 0 Å². The molecule has 8 heteroatoms. The average molecular weight is 641 g/mol. The molecular weight excluding hydrogens is 617 g/mol. The summed E-state index contributed by atoms with van der Waals surface area (Å²) in [5.41, 5.74) is 4.53. The van der Waals surface area contributed by atoms with Gasteiger partial charge in [-0.25, -0.2) is 9.97 Å². The highest BCUT2D eigenvalue weighted by atomic mass is 32.1. The summed E-state index contributed by atoms with van der Waals surface area (Å²) in [5, 5.41) is 4.32. The van der Waals surface area contributed by atoms with Crippen LogP contribution < -0.4 is 9.80 Å². The normalized spacial score (nSPS) is 11.2. The highest BCUT2D eigenvalue weighted by molar-refractivity contribution is 7.32. The topological polar surface area (TPSA) is 32.3 Å². The number of nitrogens with zero attached hydrogens (tertiary/aromatic N) is 4. The van der Waals surface area contributed by atoms with E-state index in [0.29, 0.717) is 0 Å². The molecule has 0 saturated carbocycles. The number of fused-ring (bicyclic) bond motifs is 1. The van der Waals surface area contributed by atoms with Gasteiger partial charge in [-0.3, -0.25) is 0 Å². The van der Waals surface area contributed by atoms with E-state index >= 15 is 0 Å². The summed E-state index contributed by atoms with van der Waals surface area (Å²) in [6, 6.07) is 50.7. The van der Waals surface area contributed by atoms with Crippen molar-refractivity contribution in [1.82, 2.24) is 9.97 Å². The lowest BCUT2D eigenvalue weighted by Gasteiger charge is -2.23. The molecule has 0 aliphatic carbocycles. The van der Waals surface area contributed by atoms with Gasteiger partial charge < -0.3 is 9.80 Å². The zero-order chi connectivity index (χ0) is 29.3. The molecule has 8 aromatic rings. The lowest BCUT2D eigenvalue weighted by atomic mass is 10.2. The summed E-state index contributed by atoms with van der Waals surface area (Å²) in [5.74, 6) is 0. The van der Waals surface area contributed by atoms with E-state index < -0.39 is 0 Å². The van der Waals surface area contributed by atoms with Crippen LogP contribution in [0.5, 0.6) is 0 Å². The number of aromatic nitrogens is 2. The summed E-state index contributed by atoms with van der Waals surface area (Å²) in [6.45, 7) is 0. The van der Waals surface area contributed by atoms with Gasteiger partial charge in [0, 0.05) is 22.7 Å². The van der Waals surface area contributed by atoms with Gasteiger partial charge in [-0.1, -0.05) is 95.5 Å². The monoisotopic (exact) mass is 640 g/mol. The number of anilines is 6. The molecule has 0 atom stereocenters. The first-order valence-corrected chi connectivity index (χ1v) is 17.3. The van der Waals surface area contributed by atoms with E-state index in [4.69, 9.17) is 9.97 Å². The SMILES string of the molecule is c1ccc(N(c2ccccc2)c2ccc(-c3nc4sc(-c5ccc(N(c6ccccc6)c6ccccc6)s5)nc4s3)s2)cc1. The van der Waals surface area contributed by atoms with E-state index in [-0.39, 0.29) is 0 Å². The van der Waals surface area contributed by atoms with Gasteiger partial charge in [-0.05, 0) is 72.8 Å². The van der Waals surface area contributed by atoms with E-state index in [0.717, 1.165) is 62.2 Å². The minimum absolute atomic E-state index is 0.982. The Morgan fingerprint density at radius 2 is 0.659 bits per heavy atom. The third kappa shape index (κ3) is 5.22. The molecule has 212 valence electrons. The van der Waals surface area contributed by atoms with Crippen LogP contribution in [0, 0.1) is 0 Å². The lowest BCUT2D eigenvalue weighted by Crippen LogP contribution is -2.07. The largest absolute Gasteiger partial charge is 0.302 e. The summed E-state index contributed by atoms with van der Waals surface area (Å²) in [4.78, 5) is 18.9. The van der Waals surface area contributed by atoms with Gasteiger partial charge in [0.1, 0.15) is 20.0 Å². The molecule has 0 aliphatic heterocycles. The predicted octanol–water partition coefficient (Wildman–Crippen LogP) is 12.1. The predicted molar refractivity (Wildman–Crippen MR) is 191 cm³/mol. The zero-order valence-corrected chi connectivity index (χ0v) is 26.5. The smallest absolute Gasteiger partial charge is 0.155 e. The van der Waals surface area contributed by atoms with Crippen molar-refractivity contribution >= 4 is 87.8 Å². The second kappa shape index (κ2) is 11.8. The number of para-hydroxylation sites is 4. The minimum atomic E-state index is 0.982. The minimum Gasteiger partial charge on any atom is -0.302 e. The van der Waals surface area contributed by atoms with E-state index in [1.807, 2.05) is 0 Å². The third-order valence-electron chi connectivity index (χ3n) is 7.08. The van der Waals surface area contributed by atoms with Crippen molar-refractivity contribution in [3.63, 3.8) is 0 Å². The fourth-order valence-corrected chi connectivity index (χ4v) is 9.34. The molecule has 4 aromatic carbocycles. The molecule has 0 N–H and O–H groups in total. The molecule has 4 heterocycles. The van der Waals surface area contributed by atoms with Crippen molar-refractivity contribution in [1.29, 1.82) is 0 Å². The Labute approximate surface area is 271 Å². The fraction of sp³-hybridized carbons (Fsp3) is 0. The summed E-state index contributed by atoms with van der Waals surface area (Å²) < 4.78 is 0. The number of rotatable bonds is 8. The Morgan fingerprint density at radius 3 is 0.977 bits per heavy atom. The van der Waals surface area contributed by atoms with Crippen LogP contribution in [-0.2, 0) is 0 Å². The average Bonchev–Trinajstić information content (AvgIpc) is 3.88. The summed E-state index contributed by atoms with van der Waals surface area (Å²) >= 11 is 6.83. The Kier molecular flexibility index (Phi) is 7.25. The van der Waals surface area contributed by atoms with Gasteiger partial charge in [0.15, 0.2) is 9.66 Å². The lowest BCUT2D eigenvalue weighted by molar-refractivity contribution is 1.32. The van der Waals surface area contributed by atoms with Crippen LogP contribution in [0.25, 0.3) is 29.4 Å². The highest BCUT2D eigenvalue weighted by Gasteiger charge is 2.20. The number of thiophene rings is 2. The quantitative estimate of drug-likeness (QED) is 0.165. The van der Waals surface area contributed by atoms with Crippen molar-refractivity contribution in [2.24, 2.45) is 0 Å². The number of hydrogen-bond acceptors (Lipinski definition) is 8. The van der Waals surface area contributed by atoms with Crippen molar-refractivity contribution in [3.8, 4) is 19.8 Å². The van der Waals surface area contributed by atoms with Crippen LogP contribution in [0.1, 0.15) is 0 Å². The standard InChI is InChI=1S/C36H24N4S4/c1-5-13-25(14-6-1)39(26-15-7-2-8-16-26)31-23-21-29(41-31)33-37-35-36(43-33)38-34(44-35)30-22-24-32(42-30)40(27-17-9-3-10-18-27)28-19-11-4-12-20-28/h1-24H. The number of benzene rings is 4. The maximum Gasteiger partial charge on any atom is 0.155 e. The molecule has 0 bridgehead atoms. The van der Waals surface area contributed by atoms with Crippen molar-refractivity contribution in [2.45, 2.75) is 0 Å². The molecule has 4 aromatic heterocycles. The maximum atomic E-state index is 5.05. The Balaban J connectivity index is 1.09. The molecule has 0 unspecified atom stereocenters. The molecule has 4 nitrogen and oxygen atoms in total. The van der Waals surface area contributed by atoms with E-state index in [1.54, 1.807) is 45.3 Å². The third-order valence-corrected chi connectivity index (χ3v) is 11.6. The van der Waals surface area contributed by atoms with E-state index in [2.05, 4.69) is 155 Å². The van der Waals surface area contributed by atoms with Crippen LogP contribution in [0.15, 0.2) is 146 Å². The molecule has 0 saturated heterocycles. The molecule has 0 radical (unpaired) electrons. The molecule has 8 rings (SSSR count). The van der Waals surface area contributed by atoms with Crippen molar-refractivity contribution in [2.75, 3.05) is 9.80 Å². The molecule has 44 heavy (non-hydrogen) atoms. The number of thiazole rings is 2. The molecule has 0 amide bonds. The zero-order valence-electron chi connectivity index (χ0n) is 23.3. The highest BCUT2D eigenvalue weighted by Crippen LogP contribution is 2.46. The Hall–Kier alpha value is -4.60. The molecular formula is C36H24N4S4. The van der Waals surface area contributed by atoms with Crippen LogP contribution in [0.4, 0.5) is 32.8 Å². The molecule has 0 fully saturated rings. The van der Waals surface area contributed by atoms with Crippen LogP contribution in [0.3, 0.4) is 0 Å². The Bertz CT molecular complexity index is 1870. The van der Waals surface area contributed by atoms with Crippen LogP contribution in [-0.4, -0.2) is 9.97 Å². The fourth-order valence-electron chi connectivity index (χ4n) is 5.09. The van der Waals surface area contributed by atoms with E-state index in [9.17, 15) is 0 Å². The van der Waals surface area contributed by atoms with Gasteiger partial charge in [-0.15, -0.1) is 22.7 Å². The Morgan fingerprint density at radius 1 is 0.341 bits per heavy atom. The van der Waals surface area contributed by atoms with Crippen LogP contribution >= 0.6 is 45.3 Å². The number of hydrogen-bond donors (Lipinski definition) is 0. The first-order chi connectivity index (χ1) is 21.8. The van der Waals surface area contributed by atoms with Gasteiger partial charge in [0.2, 0.25) is 0 Å². The van der Waals surface area contributed by atoms with Gasteiger partial charge in [0.25, 0.3) is 0 Å². The van der Waals surface area contributed by atoms with Crippen molar-refractivity contribution < 1.29 is 0 Å². The first-order valence-electron chi connectivity index (χ1n) is 14.1. The maximum absolute atomic E-state index is 5.05. The first kappa shape index (κ1) is 27.0. The van der Waals surface area contributed by atoms with E-state index in [1.165, 1.54) is 0 Å². The second-order valence-electron chi connectivity index (χ2n) is 9.94. The van der Waals surface area contributed by atoms with Gasteiger partial charge in [-0.2, -0.15) is 0 Å².